The Hall–Kier alpha value is -0.880. The quantitative estimate of drug-likeness (QED) is 0.449. The van der Waals surface area contributed by atoms with Gasteiger partial charge in [0.1, 0.15) is 16.4 Å². The van der Waals surface area contributed by atoms with Crippen LogP contribution >= 0.6 is 15.9 Å². The molecule has 72 valence electrons. The molecule has 3 heterocycles. The van der Waals surface area contributed by atoms with Crippen LogP contribution in [0.25, 0.3) is 5.65 Å². The SMILES string of the molecule is O=S1c2nc3cccn3cc2NC1Br. The molecule has 1 aliphatic heterocycles. The topological polar surface area (TPSA) is 46.4 Å². The predicted octanol–water partition coefficient (Wildman–Crippen LogP) is 1.55. The summed E-state index contributed by atoms with van der Waals surface area (Å²) in [6.07, 6.45) is 3.81. The van der Waals surface area contributed by atoms with Gasteiger partial charge >= 0.3 is 0 Å². The first-order chi connectivity index (χ1) is 6.75. The van der Waals surface area contributed by atoms with Gasteiger partial charge in [-0.1, -0.05) is 0 Å². The molecule has 6 heteroatoms. The van der Waals surface area contributed by atoms with E-state index in [1.807, 2.05) is 28.9 Å². The molecule has 2 atom stereocenters. The van der Waals surface area contributed by atoms with E-state index in [2.05, 4.69) is 26.2 Å². The number of nitrogens with one attached hydrogen (secondary N) is 1. The highest BCUT2D eigenvalue weighted by Gasteiger charge is 2.28. The molecule has 2 aromatic rings. The van der Waals surface area contributed by atoms with Crippen LogP contribution in [0.4, 0.5) is 5.69 Å². The van der Waals surface area contributed by atoms with Gasteiger partial charge in [-0.15, -0.1) is 0 Å². The Morgan fingerprint density at radius 2 is 2.50 bits per heavy atom. The molecule has 0 amide bonds. The van der Waals surface area contributed by atoms with Crippen LogP contribution in [0.2, 0.25) is 0 Å². The van der Waals surface area contributed by atoms with Gasteiger partial charge in [-0.05, 0) is 28.1 Å². The second-order valence-electron chi connectivity index (χ2n) is 2.99. The van der Waals surface area contributed by atoms with Crippen molar-refractivity contribution in [3.63, 3.8) is 0 Å². The number of rotatable bonds is 0. The Morgan fingerprint density at radius 1 is 1.64 bits per heavy atom. The van der Waals surface area contributed by atoms with Gasteiger partial charge in [0.25, 0.3) is 0 Å². The molecule has 0 aromatic carbocycles. The normalized spacial score (nSPS) is 24.9. The lowest BCUT2D eigenvalue weighted by Gasteiger charge is -1.99. The summed E-state index contributed by atoms with van der Waals surface area (Å²) in [5, 5.41) is 3.69. The second kappa shape index (κ2) is 2.80. The van der Waals surface area contributed by atoms with E-state index in [0.29, 0.717) is 5.03 Å². The molecule has 2 unspecified atom stereocenters. The summed E-state index contributed by atoms with van der Waals surface area (Å²) in [6.45, 7) is 0. The summed E-state index contributed by atoms with van der Waals surface area (Å²) in [5.74, 6) is 0. The van der Waals surface area contributed by atoms with E-state index in [4.69, 9.17) is 0 Å². The fraction of sp³-hybridized carbons (Fsp3) is 0.125. The van der Waals surface area contributed by atoms with Crippen molar-refractivity contribution >= 4 is 38.1 Å². The van der Waals surface area contributed by atoms with Crippen molar-refractivity contribution in [1.82, 2.24) is 9.38 Å². The van der Waals surface area contributed by atoms with Crippen molar-refractivity contribution in [1.29, 1.82) is 0 Å². The van der Waals surface area contributed by atoms with Crippen LogP contribution in [-0.2, 0) is 10.8 Å². The maximum Gasteiger partial charge on any atom is 0.165 e. The Balaban J connectivity index is 2.32. The van der Waals surface area contributed by atoms with Gasteiger partial charge in [-0.25, -0.2) is 9.19 Å². The van der Waals surface area contributed by atoms with E-state index in [-0.39, 0.29) is 4.28 Å². The third-order valence-electron chi connectivity index (χ3n) is 2.12. The van der Waals surface area contributed by atoms with Crippen LogP contribution < -0.4 is 5.32 Å². The van der Waals surface area contributed by atoms with Crippen molar-refractivity contribution in [3.8, 4) is 0 Å². The van der Waals surface area contributed by atoms with Gasteiger partial charge in [-0.2, -0.15) is 0 Å². The molecule has 1 aliphatic rings. The Labute approximate surface area is 90.9 Å². The largest absolute Gasteiger partial charge is 0.359 e. The van der Waals surface area contributed by atoms with Crippen LogP contribution in [0.15, 0.2) is 29.6 Å². The maximum atomic E-state index is 11.7. The number of aromatic nitrogens is 2. The molecule has 1 N–H and O–H groups in total. The van der Waals surface area contributed by atoms with Gasteiger partial charge in [0.05, 0.1) is 5.69 Å². The third kappa shape index (κ3) is 1.04. The zero-order valence-electron chi connectivity index (χ0n) is 6.98. The fourth-order valence-corrected chi connectivity index (χ4v) is 3.19. The Bertz CT molecular complexity index is 538. The van der Waals surface area contributed by atoms with Crippen molar-refractivity contribution in [2.24, 2.45) is 0 Å². The first-order valence-electron chi connectivity index (χ1n) is 4.04. The van der Waals surface area contributed by atoms with E-state index in [1.165, 1.54) is 0 Å². The lowest BCUT2D eigenvalue weighted by molar-refractivity contribution is 0.683. The summed E-state index contributed by atoms with van der Waals surface area (Å²) >= 11 is 3.28. The lowest BCUT2D eigenvalue weighted by atomic mass is 10.5. The van der Waals surface area contributed by atoms with Gasteiger partial charge < -0.3 is 9.72 Å². The molecule has 3 rings (SSSR count). The standard InChI is InChI=1S/C8H6BrN3OS/c9-8-10-5-4-12-3-1-2-6(12)11-7(5)14(8)13/h1-4,8,10H. The molecule has 2 aromatic heterocycles. The Morgan fingerprint density at radius 3 is 3.36 bits per heavy atom. The molecule has 0 fully saturated rings. The molecule has 0 saturated carbocycles. The Kier molecular flexibility index (Phi) is 1.69. The molecular weight excluding hydrogens is 266 g/mol. The number of hydrogen-bond acceptors (Lipinski definition) is 3. The molecular formula is C8H6BrN3OS. The number of halogens is 1. The van der Waals surface area contributed by atoms with Crippen LogP contribution in [0, 0.1) is 0 Å². The van der Waals surface area contributed by atoms with Crippen LogP contribution in [0.1, 0.15) is 0 Å². The number of alkyl halides is 1. The number of fused-ring (bicyclic) bond motifs is 2. The summed E-state index contributed by atoms with van der Waals surface area (Å²) < 4.78 is 13.4. The van der Waals surface area contributed by atoms with Gasteiger partial charge in [0, 0.05) is 12.4 Å². The minimum absolute atomic E-state index is 0.225. The average molecular weight is 272 g/mol. The first-order valence-corrected chi connectivity index (χ1v) is 6.17. The number of anilines is 1. The summed E-state index contributed by atoms with van der Waals surface area (Å²) in [6, 6.07) is 3.80. The smallest absolute Gasteiger partial charge is 0.165 e. The molecule has 0 saturated heterocycles. The van der Waals surface area contributed by atoms with E-state index >= 15 is 0 Å². The molecule has 0 aliphatic carbocycles. The van der Waals surface area contributed by atoms with Gasteiger partial charge in [-0.3, -0.25) is 0 Å². The number of hydrogen-bond donors (Lipinski definition) is 1. The zero-order chi connectivity index (χ0) is 9.71. The lowest BCUT2D eigenvalue weighted by Crippen LogP contribution is -2.07. The summed E-state index contributed by atoms with van der Waals surface area (Å²) in [7, 11) is -1.10. The first kappa shape index (κ1) is 8.43. The highest BCUT2D eigenvalue weighted by molar-refractivity contribution is 9.11. The third-order valence-corrected chi connectivity index (χ3v) is 4.55. The van der Waals surface area contributed by atoms with Crippen molar-refractivity contribution in [2.75, 3.05) is 5.32 Å². The van der Waals surface area contributed by atoms with Crippen molar-refractivity contribution < 1.29 is 4.21 Å². The van der Waals surface area contributed by atoms with E-state index in [0.717, 1.165) is 11.3 Å². The number of nitrogens with zero attached hydrogens (tertiary/aromatic N) is 2. The minimum Gasteiger partial charge on any atom is -0.359 e. The van der Waals surface area contributed by atoms with Crippen LogP contribution in [0.3, 0.4) is 0 Å². The summed E-state index contributed by atoms with van der Waals surface area (Å²) in [5.41, 5.74) is 1.65. The monoisotopic (exact) mass is 271 g/mol. The van der Waals surface area contributed by atoms with Gasteiger partial charge in [0.2, 0.25) is 0 Å². The fourth-order valence-electron chi connectivity index (χ4n) is 1.47. The average Bonchev–Trinajstić information content (AvgIpc) is 2.70. The van der Waals surface area contributed by atoms with E-state index in [9.17, 15) is 4.21 Å². The molecule has 0 radical (unpaired) electrons. The molecule has 14 heavy (non-hydrogen) atoms. The highest BCUT2D eigenvalue weighted by atomic mass is 79.9. The van der Waals surface area contributed by atoms with Crippen LogP contribution in [-0.4, -0.2) is 17.9 Å². The van der Waals surface area contributed by atoms with Crippen molar-refractivity contribution in [3.05, 3.63) is 24.5 Å². The molecule has 0 bridgehead atoms. The molecule has 0 spiro atoms. The van der Waals surface area contributed by atoms with Crippen molar-refractivity contribution in [2.45, 2.75) is 9.31 Å². The summed E-state index contributed by atoms with van der Waals surface area (Å²) in [4.78, 5) is 4.32. The van der Waals surface area contributed by atoms with E-state index < -0.39 is 10.8 Å². The van der Waals surface area contributed by atoms with Crippen LogP contribution in [0.5, 0.6) is 0 Å². The maximum absolute atomic E-state index is 11.7. The second-order valence-corrected chi connectivity index (χ2v) is 5.97. The predicted molar refractivity (Wildman–Crippen MR) is 57.9 cm³/mol. The minimum atomic E-state index is -1.10. The zero-order valence-corrected chi connectivity index (χ0v) is 9.38. The van der Waals surface area contributed by atoms with E-state index in [1.54, 1.807) is 0 Å². The van der Waals surface area contributed by atoms with Gasteiger partial charge in [0.15, 0.2) is 9.31 Å². The highest BCUT2D eigenvalue weighted by Crippen LogP contribution is 2.30. The molecule has 4 nitrogen and oxygen atoms in total.